The standard InChI is InChI=1S/C31H28FNO4.C29H25FNO6PS.C29H23FNO6PS.C29H24FNO4/c32-23-15-12-20(13-16-23)28(35)11-5-10-27-30(33(31(27)37)24-7-2-1-3-8-24)26-17-14-22(19-29(26)36)21-6-4-9-25(34)18-21;2*30-21-11-6-19(7-12-21)26(33)17-39-28-27(31(29(28)34)22-4-2-1-3-5-22)24-15-10-20(16-25(24)32)18-8-13-23(14-9-18)38(35,36)37;30-21-12-9-18(10-13-21)26(33)17-25-28(31(29(25)35)22-6-2-1-3-7-22)24-14-11-20(16-27(24)34)19-5-4-8-23(32)15-19/h1-4,6-9,12-19,27-28,30,34-36H,5,10-11H2;1-16,26-28,32-33H,17H2,(H2,35,36,37);1-16,27-28,32H,17H2,(H2,35,36,37);1-16,25-26,28,32-34H,17H2. The molecule has 4 fully saturated rings. The van der Waals surface area contributed by atoms with Crippen LogP contribution in [0.3, 0.4) is 0 Å². The molecule has 13 N–H and O–H groups in total. The van der Waals surface area contributed by atoms with Gasteiger partial charge in [0.2, 0.25) is 23.6 Å². The monoisotopic (exact) mass is 2090 g/mol. The van der Waals surface area contributed by atoms with Crippen LogP contribution in [0.15, 0.2) is 388 Å². The van der Waals surface area contributed by atoms with Gasteiger partial charge in [-0.1, -0.05) is 206 Å². The van der Waals surface area contributed by atoms with E-state index in [-0.39, 0.29) is 110 Å². The molecule has 11 atom stereocenters. The molecule has 24 nitrogen and oxygen atoms in total. The van der Waals surface area contributed by atoms with Gasteiger partial charge in [-0.05, 0) is 269 Å². The molecular formula is C118H100F4N4O20P2S2. The number of ketones is 1. The number of amides is 4. The van der Waals surface area contributed by atoms with Gasteiger partial charge in [-0.15, -0.1) is 23.5 Å². The van der Waals surface area contributed by atoms with Crippen molar-refractivity contribution >= 4 is 101 Å². The lowest BCUT2D eigenvalue weighted by atomic mass is 9.77. The first kappa shape index (κ1) is 106. The van der Waals surface area contributed by atoms with Crippen molar-refractivity contribution in [3.63, 3.8) is 0 Å². The molecule has 0 aromatic heterocycles. The summed E-state index contributed by atoms with van der Waals surface area (Å²) < 4.78 is 76.0. The summed E-state index contributed by atoms with van der Waals surface area (Å²) in [6.07, 6.45) is -0.896. The van der Waals surface area contributed by atoms with Crippen molar-refractivity contribution in [1.29, 1.82) is 0 Å². The maximum atomic E-state index is 13.3. The Morgan fingerprint density at radius 1 is 0.307 bits per heavy atom. The van der Waals surface area contributed by atoms with E-state index < -0.39 is 85.5 Å². The van der Waals surface area contributed by atoms with Crippen molar-refractivity contribution in [2.75, 3.05) is 31.1 Å². The Bertz CT molecular complexity index is 7660. The van der Waals surface area contributed by atoms with Crippen LogP contribution in [0.4, 0.5) is 40.3 Å². The molecule has 4 heterocycles. The SMILES string of the molecule is O=C(CSC1C(=O)N(c2ccccc2)C1c1ccc(-c2ccc(P(=O)(O)O)cc2)cc1O)c1ccc(F)cc1.O=C1C(CC(O)c2ccc(F)cc2)C(c2ccc(-c3cccc(O)c3)cc2O)N1c1ccccc1.O=C1C(CCCC(O)c2ccc(F)cc2)C(c2ccc(-c3cccc(O)c3)cc2O)N1c1ccccc1.O=C1C(SCC(O)c2ccc(F)cc2)C(c2ccc(-c3ccc(P(=O)(O)O)cc3)cc2O)N1c1ccccc1. The largest absolute Gasteiger partial charge is 0.508 e. The van der Waals surface area contributed by atoms with E-state index in [0.29, 0.717) is 103 Å². The number of Topliss-reactive ketones (excluding diaryl/α,β-unsaturated/α-hetero) is 1. The molecule has 4 saturated heterocycles. The molecule has 16 aromatic carbocycles. The van der Waals surface area contributed by atoms with E-state index in [1.54, 1.807) is 159 Å². The number of carbonyl (C=O) groups is 5. The summed E-state index contributed by atoms with van der Waals surface area (Å²) in [5, 5.41) is 94.3. The molecule has 20 rings (SSSR count). The molecule has 0 saturated carbocycles. The number of aliphatic hydroxyl groups is 3. The smallest absolute Gasteiger partial charge is 0.356 e. The van der Waals surface area contributed by atoms with E-state index in [9.17, 15) is 116 Å². The number of β-lactam (4-membered cyclic amide) rings is 4. The quantitative estimate of drug-likeness (QED) is 0.00860. The van der Waals surface area contributed by atoms with Gasteiger partial charge in [0.15, 0.2) is 5.78 Å². The highest BCUT2D eigenvalue weighted by Gasteiger charge is 2.54. The average molecular weight is 2100 g/mol. The Kier molecular flexibility index (Phi) is 32.8. The molecular weight excluding hydrogens is 2000 g/mol. The van der Waals surface area contributed by atoms with Crippen LogP contribution in [0.1, 0.15) is 117 Å². The Hall–Kier alpha value is -15.5. The zero-order valence-electron chi connectivity index (χ0n) is 79.7. The first-order chi connectivity index (χ1) is 72.1. The van der Waals surface area contributed by atoms with E-state index in [1.807, 2.05) is 140 Å². The topological polar surface area (TPSA) is 395 Å². The number of aromatic hydroxyl groups is 6. The van der Waals surface area contributed by atoms with Gasteiger partial charge in [-0.2, -0.15) is 0 Å². The minimum absolute atomic E-state index is 0.00589. The summed E-state index contributed by atoms with van der Waals surface area (Å²) in [4.78, 5) is 110. The number of nitrogens with zero attached hydrogens (tertiary/aromatic N) is 4. The van der Waals surface area contributed by atoms with Gasteiger partial charge in [0.25, 0.3) is 0 Å². The third kappa shape index (κ3) is 24.1. The number of phenolic OH excluding ortho intramolecular Hbond substituents is 6. The Labute approximate surface area is 868 Å². The highest BCUT2D eigenvalue weighted by Crippen LogP contribution is 2.55. The van der Waals surface area contributed by atoms with E-state index >= 15 is 0 Å². The van der Waals surface area contributed by atoms with Crippen LogP contribution in [0, 0.1) is 35.1 Å². The average Bonchev–Trinajstić information content (AvgIpc) is 0.744. The third-order valence-corrected chi connectivity index (χ3v) is 31.2. The number of rotatable bonds is 30. The predicted molar refractivity (Wildman–Crippen MR) is 570 cm³/mol. The number of hydrogen-bond donors (Lipinski definition) is 13. The summed E-state index contributed by atoms with van der Waals surface area (Å²) in [6, 6.07) is 103. The lowest BCUT2D eigenvalue weighted by molar-refractivity contribution is -0.132. The minimum Gasteiger partial charge on any atom is -0.508 e. The molecule has 11 unspecified atom stereocenters. The van der Waals surface area contributed by atoms with E-state index in [4.69, 9.17) is 0 Å². The number of thioether (sulfide) groups is 2. The van der Waals surface area contributed by atoms with E-state index in [2.05, 4.69) is 0 Å². The van der Waals surface area contributed by atoms with Crippen LogP contribution in [-0.2, 0) is 28.3 Å². The summed E-state index contributed by atoms with van der Waals surface area (Å²) >= 11 is 2.45. The van der Waals surface area contributed by atoms with Crippen molar-refractivity contribution in [2.24, 2.45) is 11.8 Å². The maximum absolute atomic E-state index is 13.3. The number of para-hydroxylation sites is 4. The minimum atomic E-state index is -4.37. The lowest BCUT2D eigenvalue weighted by Crippen LogP contribution is -2.57. The van der Waals surface area contributed by atoms with Crippen LogP contribution in [0.5, 0.6) is 34.5 Å². The number of phenols is 6. The Morgan fingerprint density at radius 3 is 0.960 bits per heavy atom. The highest BCUT2D eigenvalue weighted by molar-refractivity contribution is 8.01. The Balaban J connectivity index is 0.000000136. The molecule has 4 amide bonds. The summed E-state index contributed by atoms with van der Waals surface area (Å²) in [5.41, 5.74) is 12.7. The van der Waals surface area contributed by atoms with Crippen LogP contribution >= 0.6 is 38.7 Å². The molecule has 0 aliphatic carbocycles. The fraction of sp³-hybridized carbons (Fsp3) is 0.144. The molecule has 16 aromatic rings. The summed E-state index contributed by atoms with van der Waals surface area (Å²) in [5.74, 6) is -2.79. The molecule has 150 heavy (non-hydrogen) atoms. The number of halogens is 4. The van der Waals surface area contributed by atoms with Crippen molar-refractivity contribution in [3.05, 3.63) is 456 Å². The fourth-order valence-electron chi connectivity index (χ4n) is 18.9. The maximum Gasteiger partial charge on any atom is 0.356 e. The number of aliphatic hydroxyl groups excluding tert-OH is 3. The summed E-state index contributed by atoms with van der Waals surface area (Å²) in [7, 11) is -8.74. The van der Waals surface area contributed by atoms with Crippen LogP contribution in [0.25, 0.3) is 44.5 Å². The van der Waals surface area contributed by atoms with Crippen molar-refractivity contribution in [1.82, 2.24) is 0 Å². The highest BCUT2D eigenvalue weighted by atomic mass is 32.2. The van der Waals surface area contributed by atoms with Gasteiger partial charge in [0.05, 0.1) is 70.7 Å². The van der Waals surface area contributed by atoms with Gasteiger partial charge in [-0.25, -0.2) is 17.6 Å². The van der Waals surface area contributed by atoms with Gasteiger partial charge < -0.3 is 85.1 Å². The fourth-order valence-corrected chi connectivity index (χ4v) is 22.5. The third-order valence-electron chi connectivity index (χ3n) is 26.7. The zero-order chi connectivity index (χ0) is 106. The second kappa shape index (κ2) is 46.5. The molecule has 0 bridgehead atoms. The van der Waals surface area contributed by atoms with Crippen LogP contribution < -0.4 is 30.2 Å². The zero-order valence-corrected chi connectivity index (χ0v) is 83.1. The van der Waals surface area contributed by atoms with Gasteiger partial charge in [0.1, 0.15) is 68.3 Å². The molecule has 32 heteroatoms. The second-order valence-electron chi connectivity index (χ2n) is 36.3. The molecule has 762 valence electrons. The van der Waals surface area contributed by atoms with Gasteiger partial charge >= 0.3 is 15.2 Å². The van der Waals surface area contributed by atoms with Crippen molar-refractivity contribution in [2.45, 2.75) is 78.7 Å². The molecule has 4 aliphatic rings. The van der Waals surface area contributed by atoms with Crippen LogP contribution in [0.2, 0.25) is 0 Å². The number of benzene rings is 16. The lowest BCUT2D eigenvalue weighted by Gasteiger charge is -2.48. The van der Waals surface area contributed by atoms with E-state index in [1.165, 1.54) is 133 Å². The van der Waals surface area contributed by atoms with Gasteiger partial charge in [-0.3, -0.25) is 33.1 Å². The second-order valence-corrected chi connectivity index (χ2v) is 41.8. The van der Waals surface area contributed by atoms with Crippen LogP contribution in [-0.4, -0.2) is 117 Å². The van der Waals surface area contributed by atoms with Crippen molar-refractivity contribution < 1.29 is 116 Å². The van der Waals surface area contributed by atoms with Crippen molar-refractivity contribution in [3.8, 4) is 79.0 Å². The number of anilines is 4. The van der Waals surface area contributed by atoms with E-state index in [0.717, 1.165) is 27.9 Å². The summed E-state index contributed by atoms with van der Waals surface area (Å²) in [6.45, 7) is 0. The Morgan fingerprint density at radius 2 is 0.607 bits per heavy atom. The van der Waals surface area contributed by atoms with Gasteiger partial charge in [0, 0.05) is 56.3 Å². The molecule has 0 radical (unpaired) electrons. The first-order valence-corrected chi connectivity index (χ1v) is 53.0. The molecule has 4 aliphatic heterocycles. The normalized spacial score (nSPS) is 17.8. The number of hydrogen-bond acceptors (Lipinski definition) is 18. The molecule has 0 spiro atoms. The predicted octanol–water partition coefficient (Wildman–Crippen LogP) is 22.2. The first-order valence-electron chi connectivity index (χ1n) is 47.7. The number of carbonyl (C=O) groups excluding carboxylic acids is 5.